The van der Waals surface area contributed by atoms with Crippen molar-refractivity contribution in [2.24, 2.45) is 0 Å². The number of nitrogens with two attached hydrogens (primary N) is 1. The van der Waals surface area contributed by atoms with Crippen molar-refractivity contribution in [1.82, 2.24) is 0 Å². The minimum atomic E-state index is 0.0638. The average molecular weight is 303 g/mol. The SMILES string of the molecule is Cc1cccc(/C=C2\CCc3c2oc2cc(N)ccc2c3=O)c1. The molecule has 1 aliphatic rings. The van der Waals surface area contributed by atoms with Crippen molar-refractivity contribution in [3.8, 4) is 0 Å². The van der Waals surface area contributed by atoms with Crippen molar-refractivity contribution in [1.29, 1.82) is 0 Å². The molecule has 0 spiro atoms. The minimum absolute atomic E-state index is 0.0638. The Labute approximate surface area is 134 Å². The molecule has 3 aromatic rings. The molecule has 0 atom stereocenters. The van der Waals surface area contributed by atoms with Gasteiger partial charge in [0.1, 0.15) is 11.3 Å². The third-order valence-electron chi connectivity index (χ3n) is 4.33. The van der Waals surface area contributed by atoms with Gasteiger partial charge in [-0.15, -0.1) is 0 Å². The van der Waals surface area contributed by atoms with Crippen molar-refractivity contribution in [2.45, 2.75) is 19.8 Å². The second-order valence-electron chi connectivity index (χ2n) is 6.08. The Morgan fingerprint density at radius 2 is 2.00 bits per heavy atom. The molecule has 2 aromatic carbocycles. The zero-order valence-corrected chi connectivity index (χ0v) is 12.9. The van der Waals surface area contributed by atoms with Crippen LogP contribution in [0.25, 0.3) is 22.6 Å². The summed E-state index contributed by atoms with van der Waals surface area (Å²) in [5.74, 6) is 0.717. The lowest BCUT2D eigenvalue weighted by Crippen LogP contribution is -2.08. The fourth-order valence-corrected chi connectivity index (χ4v) is 3.21. The first-order valence-electron chi connectivity index (χ1n) is 7.74. The lowest BCUT2D eigenvalue weighted by atomic mass is 10.1. The van der Waals surface area contributed by atoms with Crippen molar-refractivity contribution in [3.05, 3.63) is 75.1 Å². The highest BCUT2D eigenvalue weighted by atomic mass is 16.3. The Balaban J connectivity index is 1.91. The van der Waals surface area contributed by atoms with Crippen LogP contribution in [0.4, 0.5) is 5.69 Å². The number of rotatable bonds is 1. The summed E-state index contributed by atoms with van der Waals surface area (Å²) in [6, 6.07) is 13.5. The van der Waals surface area contributed by atoms with Gasteiger partial charge in [-0.1, -0.05) is 29.8 Å². The molecule has 1 aromatic heterocycles. The van der Waals surface area contributed by atoms with Gasteiger partial charge in [0, 0.05) is 17.3 Å². The largest absolute Gasteiger partial charge is 0.456 e. The third kappa shape index (κ3) is 2.34. The molecular formula is C20H17NO2. The number of fused-ring (bicyclic) bond motifs is 2. The second kappa shape index (κ2) is 5.13. The van der Waals surface area contributed by atoms with Crippen LogP contribution in [0.3, 0.4) is 0 Å². The van der Waals surface area contributed by atoms with E-state index in [1.165, 1.54) is 5.56 Å². The first-order chi connectivity index (χ1) is 11.1. The molecule has 114 valence electrons. The molecule has 0 bridgehead atoms. The molecule has 0 aliphatic heterocycles. The van der Waals surface area contributed by atoms with E-state index in [9.17, 15) is 4.79 Å². The van der Waals surface area contributed by atoms with Crippen molar-refractivity contribution < 1.29 is 4.42 Å². The summed E-state index contributed by atoms with van der Waals surface area (Å²) >= 11 is 0. The number of nitrogen functional groups attached to an aromatic ring is 1. The Bertz CT molecular complexity index is 1010. The molecule has 0 fully saturated rings. The third-order valence-corrected chi connectivity index (χ3v) is 4.33. The molecule has 0 radical (unpaired) electrons. The van der Waals surface area contributed by atoms with Gasteiger partial charge in [0.25, 0.3) is 0 Å². The number of allylic oxidation sites excluding steroid dienone is 1. The van der Waals surface area contributed by atoms with Gasteiger partial charge in [0.05, 0.1) is 5.39 Å². The summed E-state index contributed by atoms with van der Waals surface area (Å²) < 4.78 is 6.03. The van der Waals surface area contributed by atoms with Gasteiger partial charge in [-0.2, -0.15) is 0 Å². The van der Waals surface area contributed by atoms with Gasteiger partial charge in [-0.25, -0.2) is 0 Å². The van der Waals surface area contributed by atoms with E-state index >= 15 is 0 Å². The normalized spacial score (nSPS) is 15.3. The summed E-state index contributed by atoms with van der Waals surface area (Å²) in [6.07, 6.45) is 3.67. The van der Waals surface area contributed by atoms with E-state index in [2.05, 4.69) is 31.2 Å². The van der Waals surface area contributed by atoms with Gasteiger partial charge in [-0.3, -0.25) is 4.79 Å². The first-order valence-corrected chi connectivity index (χ1v) is 7.74. The lowest BCUT2D eigenvalue weighted by Gasteiger charge is -2.05. The van der Waals surface area contributed by atoms with Crippen LogP contribution >= 0.6 is 0 Å². The Kier molecular flexibility index (Phi) is 3.08. The Morgan fingerprint density at radius 1 is 1.13 bits per heavy atom. The highest BCUT2D eigenvalue weighted by Gasteiger charge is 2.23. The van der Waals surface area contributed by atoms with E-state index in [4.69, 9.17) is 10.2 Å². The Hall–Kier alpha value is -2.81. The quantitative estimate of drug-likeness (QED) is 0.686. The molecule has 0 amide bonds. The van der Waals surface area contributed by atoms with E-state index in [0.29, 0.717) is 16.7 Å². The zero-order chi connectivity index (χ0) is 16.0. The summed E-state index contributed by atoms with van der Waals surface area (Å²) in [6.45, 7) is 2.07. The molecule has 1 aliphatic carbocycles. The zero-order valence-electron chi connectivity index (χ0n) is 12.9. The number of anilines is 1. The van der Waals surface area contributed by atoms with E-state index in [-0.39, 0.29) is 5.43 Å². The molecule has 0 unspecified atom stereocenters. The fraction of sp³-hybridized carbons (Fsp3) is 0.150. The second-order valence-corrected chi connectivity index (χ2v) is 6.08. The van der Waals surface area contributed by atoms with Crippen LogP contribution in [0.1, 0.15) is 28.9 Å². The molecule has 1 heterocycles. The van der Waals surface area contributed by atoms with Gasteiger partial charge < -0.3 is 10.2 Å². The smallest absolute Gasteiger partial charge is 0.196 e. The number of hydrogen-bond acceptors (Lipinski definition) is 3. The van der Waals surface area contributed by atoms with Crippen molar-refractivity contribution in [2.75, 3.05) is 5.73 Å². The molecule has 3 nitrogen and oxygen atoms in total. The highest BCUT2D eigenvalue weighted by Crippen LogP contribution is 2.34. The van der Waals surface area contributed by atoms with E-state index in [1.54, 1.807) is 18.2 Å². The predicted octanol–water partition coefficient (Wildman–Crippen LogP) is 4.17. The molecule has 2 N–H and O–H groups in total. The maximum Gasteiger partial charge on any atom is 0.196 e. The number of hydrogen-bond donors (Lipinski definition) is 1. The van der Waals surface area contributed by atoms with E-state index < -0.39 is 0 Å². The van der Waals surface area contributed by atoms with Gasteiger partial charge in [0.2, 0.25) is 0 Å². The van der Waals surface area contributed by atoms with Crippen LogP contribution in [0.2, 0.25) is 0 Å². The summed E-state index contributed by atoms with van der Waals surface area (Å²) in [4.78, 5) is 12.7. The molecular weight excluding hydrogens is 286 g/mol. The van der Waals surface area contributed by atoms with Crippen LogP contribution < -0.4 is 11.2 Å². The Morgan fingerprint density at radius 3 is 2.83 bits per heavy atom. The highest BCUT2D eigenvalue weighted by molar-refractivity contribution is 5.87. The van der Waals surface area contributed by atoms with Crippen LogP contribution in [-0.2, 0) is 6.42 Å². The van der Waals surface area contributed by atoms with E-state index in [1.807, 2.05) is 6.07 Å². The van der Waals surface area contributed by atoms with Crippen LogP contribution in [-0.4, -0.2) is 0 Å². The fourth-order valence-electron chi connectivity index (χ4n) is 3.21. The first kappa shape index (κ1) is 13.8. The molecule has 0 saturated heterocycles. The summed E-state index contributed by atoms with van der Waals surface area (Å²) in [5.41, 5.74) is 11.2. The van der Waals surface area contributed by atoms with Gasteiger partial charge in [0.15, 0.2) is 5.43 Å². The van der Waals surface area contributed by atoms with Crippen molar-refractivity contribution >= 4 is 28.3 Å². The van der Waals surface area contributed by atoms with Crippen LogP contribution in [0, 0.1) is 6.92 Å². The number of benzene rings is 2. The summed E-state index contributed by atoms with van der Waals surface area (Å²) in [5, 5.41) is 0.606. The maximum absolute atomic E-state index is 12.7. The predicted molar refractivity (Wildman–Crippen MR) is 94.3 cm³/mol. The molecule has 4 rings (SSSR count). The monoisotopic (exact) mass is 303 g/mol. The number of aryl methyl sites for hydroxylation is 1. The summed E-state index contributed by atoms with van der Waals surface area (Å²) in [7, 11) is 0. The minimum Gasteiger partial charge on any atom is -0.456 e. The molecule has 0 saturated carbocycles. The van der Waals surface area contributed by atoms with Crippen LogP contribution in [0.5, 0.6) is 0 Å². The van der Waals surface area contributed by atoms with Crippen LogP contribution in [0.15, 0.2) is 51.7 Å². The standard InChI is InChI=1S/C20H17NO2/c1-12-3-2-4-13(9-12)10-14-5-7-17-19(22)16-8-6-15(21)11-18(16)23-20(14)17/h2-4,6,8-11H,5,7,21H2,1H3/b14-10+. The average Bonchev–Trinajstić information content (AvgIpc) is 2.90. The lowest BCUT2D eigenvalue weighted by molar-refractivity contribution is 0.585. The van der Waals surface area contributed by atoms with Crippen molar-refractivity contribution in [3.63, 3.8) is 0 Å². The van der Waals surface area contributed by atoms with Gasteiger partial charge in [-0.05, 0) is 49.1 Å². The molecule has 3 heteroatoms. The topological polar surface area (TPSA) is 56.2 Å². The molecule has 23 heavy (non-hydrogen) atoms. The van der Waals surface area contributed by atoms with Gasteiger partial charge >= 0.3 is 0 Å². The van der Waals surface area contributed by atoms with E-state index in [0.717, 1.165) is 35.3 Å². The maximum atomic E-state index is 12.7.